The van der Waals surface area contributed by atoms with Crippen LogP contribution >= 0.6 is 11.3 Å². The lowest BCUT2D eigenvalue weighted by molar-refractivity contribution is 0.414. The lowest BCUT2D eigenvalue weighted by atomic mass is 10.3. The zero-order valence-corrected chi connectivity index (χ0v) is 15.3. The maximum atomic E-state index is 14.2. The van der Waals surface area contributed by atoms with E-state index >= 15 is 0 Å². The highest BCUT2D eigenvalue weighted by Gasteiger charge is 2.17. The molecule has 0 spiro atoms. The Morgan fingerprint density at radius 2 is 1.96 bits per heavy atom. The molecule has 0 bridgehead atoms. The average Bonchev–Trinajstić information content (AvgIpc) is 2.92. The number of nitrogens with zero attached hydrogens (tertiary/aromatic N) is 2. The van der Waals surface area contributed by atoms with Crippen molar-refractivity contribution >= 4 is 31.6 Å². The maximum absolute atomic E-state index is 14.2. The molecule has 0 N–H and O–H groups in total. The summed E-state index contributed by atoms with van der Waals surface area (Å²) in [5, 5.41) is 0. The highest BCUT2D eigenvalue weighted by atomic mass is 32.2. The third-order valence-corrected chi connectivity index (χ3v) is 5.98. The first-order valence-electron chi connectivity index (χ1n) is 7.40. The van der Waals surface area contributed by atoms with Gasteiger partial charge >= 0.3 is 0 Å². The number of thiazole rings is 1. The lowest BCUT2D eigenvalue weighted by Crippen LogP contribution is -2.17. The minimum atomic E-state index is -4.04. The first kappa shape index (κ1) is 18.3. The van der Waals surface area contributed by atoms with Crippen LogP contribution in [-0.2, 0) is 16.6 Å². The Morgan fingerprint density at radius 3 is 2.58 bits per heavy atom. The predicted octanol–water partition coefficient (Wildman–Crippen LogP) is 3.47. The topological polar surface area (TPSA) is 60.7 Å². The molecular weight excluding hydrogens is 382 g/mol. The van der Waals surface area contributed by atoms with Crippen LogP contribution in [0.3, 0.4) is 0 Å². The summed E-state index contributed by atoms with van der Waals surface area (Å²) in [4.78, 5) is -0.00669. The van der Waals surface area contributed by atoms with Gasteiger partial charge in [-0.2, -0.15) is 8.42 Å². The molecule has 1 aromatic heterocycles. The van der Waals surface area contributed by atoms with Crippen molar-refractivity contribution in [2.24, 2.45) is 4.40 Å². The Labute approximate surface area is 152 Å². The van der Waals surface area contributed by atoms with Gasteiger partial charge in [0.2, 0.25) is 4.80 Å². The van der Waals surface area contributed by atoms with Crippen molar-refractivity contribution in [3.8, 4) is 5.75 Å². The van der Waals surface area contributed by atoms with Crippen molar-refractivity contribution in [1.82, 2.24) is 4.57 Å². The molecule has 0 aliphatic heterocycles. The van der Waals surface area contributed by atoms with E-state index in [2.05, 4.69) is 11.0 Å². The number of methoxy groups -OCH3 is 1. The van der Waals surface area contributed by atoms with Gasteiger partial charge in [0.1, 0.15) is 11.6 Å². The molecule has 5 nitrogen and oxygen atoms in total. The summed E-state index contributed by atoms with van der Waals surface area (Å²) in [5.74, 6) is -1.03. The number of hydrogen-bond donors (Lipinski definition) is 0. The van der Waals surface area contributed by atoms with Crippen LogP contribution in [0.2, 0.25) is 0 Å². The molecule has 2 aromatic carbocycles. The molecule has 0 fully saturated rings. The predicted molar refractivity (Wildman–Crippen MR) is 95.7 cm³/mol. The van der Waals surface area contributed by atoms with E-state index in [4.69, 9.17) is 4.74 Å². The van der Waals surface area contributed by atoms with Crippen LogP contribution in [0.1, 0.15) is 0 Å². The van der Waals surface area contributed by atoms with Crippen molar-refractivity contribution in [2.45, 2.75) is 11.4 Å². The standard InChI is InChI=1S/C17H14F2N2O3S2/c1-3-8-21-16-14(19)9-11(18)10-15(16)25-17(21)20-26(22,23)13-6-4-12(24-2)5-7-13/h3-7,9-10H,1,8H2,2H3. The van der Waals surface area contributed by atoms with Crippen LogP contribution in [-0.4, -0.2) is 20.1 Å². The van der Waals surface area contributed by atoms with Crippen LogP contribution < -0.4 is 9.54 Å². The Kier molecular flexibility index (Phi) is 4.92. The van der Waals surface area contributed by atoms with E-state index in [0.29, 0.717) is 5.75 Å². The molecule has 0 aliphatic rings. The first-order chi connectivity index (χ1) is 12.4. The Balaban J connectivity index is 2.23. The molecule has 9 heteroatoms. The fraction of sp³-hybridized carbons (Fsp3) is 0.118. The van der Waals surface area contributed by atoms with Gasteiger partial charge in [0.05, 0.1) is 22.2 Å². The zero-order chi connectivity index (χ0) is 18.9. The minimum Gasteiger partial charge on any atom is -0.497 e. The van der Waals surface area contributed by atoms with Crippen molar-refractivity contribution in [3.05, 3.63) is 65.5 Å². The van der Waals surface area contributed by atoms with Gasteiger partial charge in [0.15, 0.2) is 5.82 Å². The van der Waals surface area contributed by atoms with E-state index < -0.39 is 21.7 Å². The molecule has 0 saturated carbocycles. The Morgan fingerprint density at radius 1 is 1.27 bits per heavy atom. The third-order valence-electron chi connectivity index (χ3n) is 3.56. The minimum absolute atomic E-state index is 0.0280. The van der Waals surface area contributed by atoms with Crippen molar-refractivity contribution in [1.29, 1.82) is 0 Å². The molecule has 1 heterocycles. The molecule has 3 aromatic rings. The van der Waals surface area contributed by atoms with E-state index in [1.165, 1.54) is 42.0 Å². The molecule has 0 atom stereocenters. The molecule has 0 saturated heterocycles. The molecule has 0 amide bonds. The first-order valence-corrected chi connectivity index (χ1v) is 9.65. The van der Waals surface area contributed by atoms with E-state index in [-0.39, 0.29) is 26.5 Å². The van der Waals surface area contributed by atoms with Gasteiger partial charge in [-0.3, -0.25) is 0 Å². The average molecular weight is 396 g/mol. The van der Waals surface area contributed by atoms with Gasteiger partial charge in [0.25, 0.3) is 10.0 Å². The molecule has 26 heavy (non-hydrogen) atoms. The number of hydrogen-bond acceptors (Lipinski definition) is 4. The smallest absolute Gasteiger partial charge is 0.285 e. The SMILES string of the molecule is C=CCn1c(=NS(=O)(=O)c2ccc(OC)cc2)sc2cc(F)cc(F)c21. The van der Waals surface area contributed by atoms with Crippen LogP contribution in [0.15, 0.2) is 58.3 Å². The number of benzene rings is 2. The normalized spacial score (nSPS) is 12.5. The number of aromatic nitrogens is 1. The molecule has 0 unspecified atom stereocenters. The second-order valence-corrected chi connectivity index (χ2v) is 7.87. The largest absolute Gasteiger partial charge is 0.497 e. The highest BCUT2D eigenvalue weighted by Crippen LogP contribution is 2.23. The fourth-order valence-corrected chi connectivity index (χ4v) is 4.68. The summed E-state index contributed by atoms with van der Waals surface area (Å²) >= 11 is 0.886. The highest BCUT2D eigenvalue weighted by molar-refractivity contribution is 7.90. The van der Waals surface area contributed by atoms with Gasteiger partial charge in [-0.1, -0.05) is 17.4 Å². The summed E-state index contributed by atoms with van der Waals surface area (Å²) in [6.07, 6.45) is 1.48. The summed E-state index contributed by atoms with van der Waals surface area (Å²) < 4.78 is 63.2. The second-order valence-electron chi connectivity index (χ2n) is 5.26. The summed E-state index contributed by atoms with van der Waals surface area (Å²) in [6, 6.07) is 7.62. The lowest BCUT2D eigenvalue weighted by Gasteiger charge is -2.03. The van der Waals surface area contributed by atoms with Crippen LogP contribution in [0.4, 0.5) is 8.78 Å². The number of ether oxygens (including phenoxy) is 1. The fourth-order valence-electron chi connectivity index (χ4n) is 2.40. The van der Waals surface area contributed by atoms with E-state index in [0.717, 1.165) is 23.5 Å². The molecular formula is C17H14F2N2O3S2. The van der Waals surface area contributed by atoms with Gasteiger partial charge in [-0.25, -0.2) is 8.78 Å². The maximum Gasteiger partial charge on any atom is 0.285 e. The third kappa shape index (κ3) is 3.40. The van der Waals surface area contributed by atoms with Crippen LogP contribution in [0.25, 0.3) is 10.2 Å². The quantitative estimate of drug-likeness (QED) is 0.621. The van der Waals surface area contributed by atoms with Gasteiger partial charge in [-0.05, 0) is 30.3 Å². The number of halogens is 2. The van der Waals surface area contributed by atoms with Gasteiger partial charge < -0.3 is 9.30 Å². The van der Waals surface area contributed by atoms with Crippen LogP contribution in [0.5, 0.6) is 5.75 Å². The summed E-state index contributed by atoms with van der Waals surface area (Å²) in [6.45, 7) is 3.71. The monoisotopic (exact) mass is 396 g/mol. The molecule has 0 radical (unpaired) electrons. The molecule has 136 valence electrons. The molecule has 3 rings (SSSR count). The Hall–Kier alpha value is -2.52. The second kappa shape index (κ2) is 7.00. The molecule has 0 aliphatic carbocycles. The van der Waals surface area contributed by atoms with Gasteiger partial charge in [-0.15, -0.1) is 11.0 Å². The van der Waals surface area contributed by atoms with E-state index in [9.17, 15) is 17.2 Å². The number of fused-ring (bicyclic) bond motifs is 1. The zero-order valence-electron chi connectivity index (χ0n) is 13.6. The van der Waals surface area contributed by atoms with Crippen molar-refractivity contribution in [3.63, 3.8) is 0 Å². The number of rotatable bonds is 5. The van der Waals surface area contributed by atoms with E-state index in [1.807, 2.05) is 0 Å². The van der Waals surface area contributed by atoms with Crippen molar-refractivity contribution < 1.29 is 21.9 Å². The number of allylic oxidation sites excluding steroid dienone is 1. The summed E-state index contributed by atoms with van der Waals surface area (Å²) in [5.41, 5.74) is 0.0833. The van der Waals surface area contributed by atoms with Gasteiger partial charge in [0, 0.05) is 12.6 Å². The summed E-state index contributed by atoms with van der Waals surface area (Å²) in [7, 11) is -2.57. The number of sulfonamides is 1. The van der Waals surface area contributed by atoms with Crippen molar-refractivity contribution in [2.75, 3.05) is 7.11 Å². The van der Waals surface area contributed by atoms with E-state index in [1.54, 1.807) is 0 Å². The Bertz CT molecular complexity index is 1150. The van der Waals surface area contributed by atoms with Crippen LogP contribution in [0, 0.1) is 11.6 Å².